The van der Waals surface area contributed by atoms with Gasteiger partial charge in [-0.3, -0.25) is 5.10 Å². The van der Waals surface area contributed by atoms with Crippen LogP contribution in [0.1, 0.15) is 0 Å². The summed E-state index contributed by atoms with van der Waals surface area (Å²) in [6.45, 7) is 0. The maximum Gasteiger partial charge on any atom is 0.184 e. The van der Waals surface area contributed by atoms with Gasteiger partial charge in [-0.25, -0.2) is 4.98 Å². The molecule has 0 spiro atoms. The third-order valence-electron chi connectivity index (χ3n) is 0.712. The van der Waals surface area contributed by atoms with Crippen LogP contribution in [-0.4, -0.2) is 20.3 Å². The standard InChI is InChI=1S/C4H4N4S2/c5-1-9-3-10-4-6-2-7-8-4/h2H,3H2,(H,6,7,8). The molecule has 10 heavy (non-hydrogen) atoms. The van der Waals surface area contributed by atoms with Gasteiger partial charge in [-0.15, -0.1) is 0 Å². The number of nitriles is 1. The lowest BCUT2D eigenvalue weighted by atomic mass is 11.3. The van der Waals surface area contributed by atoms with E-state index in [4.69, 9.17) is 5.26 Å². The SMILES string of the molecule is N#CSCSc1ncn[nH]1. The first kappa shape index (κ1) is 7.44. The van der Waals surface area contributed by atoms with Gasteiger partial charge in [0.2, 0.25) is 0 Å². The molecule has 0 unspecified atom stereocenters. The molecule has 1 aromatic rings. The summed E-state index contributed by atoms with van der Waals surface area (Å²) in [7, 11) is 0. The highest BCUT2D eigenvalue weighted by molar-refractivity contribution is 8.18. The molecular formula is C4H4N4S2. The first-order valence-corrected chi connectivity index (χ1v) is 4.39. The van der Waals surface area contributed by atoms with Crippen LogP contribution in [0.25, 0.3) is 0 Å². The zero-order valence-corrected chi connectivity index (χ0v) is 6.58. The first-order valence-electron chi connectivity index (χ1n) is 2.42. The highest BCUT2D eigenvalue weighted by Crippen LogP contribution is 2.16. The lowest BCUT2D eigenvalue weighted by molar-refractivity contribution is 0.976. The maximum atomic E-state index is 8.15. The Morgan fingerprint density at radius 2 is 2.70 bits per heavy atom. The van der Waals surface area contributed by atoms with Gasteiger partial charge in [0, 0.05) is 0 Å². The molecule has 0 amide bonds. The number of hydrogen-bond acceptors (Lipinski definition) is 5. The van der Waals surface area contributed by atoms with Gasteiger partial charge in [-0.1, -0.05) is 11.8 Å². The van der Waals surface area contributed by atoms with Crippen molar-refractivity contribution in [1.82, 2.24) is 15.2 Å². The van der Waals surface area contributed by atoms with Crippen molar-refractivity contribution in [3.8, 4) is 5.40 Å². The molecule has 0 saturated heterocycles. The first-order chi connectivity index (χ1) is 4.93. The maximum absolute atomic E-state index is 8.15. The quantitative estimate of drug-likeness (QED) is 0.320. The number of H-pyrrole nitrogens is 1. The minimum atomic E-state index is 0.686. The van der Waals surface area contributed by atoms with E-state index in [2.05, 4.69) is 15.2 Å². The Labute approximate surface area is 66.4 Å². The smallest absolute Gasteiger partial charge is 0.184 e. The molecule has 52 valence electrons. The zero-order chi connectivity index (χ0) is 7.23. The fourth-order valence-corrected chi connectivity index (χ4v) is 1.51. The topological polar surface area (TPSA) is 65.4 Å². The van der Waals surface area contributed by atoms with E-state index in [0.29, 0.717) is 5.08 Å². The molecule has 0 aromatic carbocycles. The van der Waals surface area contributed by atoms with Gasteiger partial charge in [0.1, 0.15) is 11.7 Å². The minimum absolute atomic E-state index is 0.686. The van der Waals surface area contributed by atoms with Crippen LogP contribution in [-0.2, 0) is 0 Å². The summed E-state index contributed by atoms with van der Waals surface area (Å²) in [4.78, 5) is 3.86. The number of aromatic amines is 1. The van der Waals surface area contributed by atoms with Crippen molar-refractivity contribution < 1.29 is 0 Å². The average Bonchev–Trinajstić information content (AvgIpc) is 2.41. The summed E-state index contributed by atoms with van der Waals surface area (Å²) < 4.78 is 0. The van der Waals surface area contributed by atoms with Gasteiger partial charge in [0.15, 0.2) is 5.16 Å². The molecule has 0 atom stereocenters. The van der Waals surface area contributed by atoms with E-state index in [9.17, 15) is 0 Å². The van der Waals surface area contributed by atoms with Crippen molar-refractivity contribution >= 4 is 23.5 Å². The van der Waals surface area contributed by atoms with Gasteiger partial charge in [-0.2, -0.15) is 10.4 Å². The lowest BCUT2D eigenvalue weighted by Gasteiger charge is -1.87. The van der Waals surface area contributed by atoms with E-state index >= 15 is 0 Å². The number of thiocyanates is 1. The van der Waals surface area contributed by atoms with Crippen LogP contribution < -0.4 is 0 Å². The molecule has 0 radical (unpaired) electrons. The van der Waals surface area contributed by atoms with Crippen LogP contribution in [0.2, 0.25) is 0 Å². The van der Waals surface area contributed by atoms with E-state index in [-0.39, 0.29) is 0 Å². The molecular weight excluding hydrogens is 168 g/mol. The average molecular weight is 172 g/mol. The zero-order valence-electron chi connectivity index (χ0n) is 4.94. The second-order valence-electron chi connectivity index (χ2n) is 1.29. The number of nitrogens with one attached hydrogen (secondary N) is 1. The van der Waals surface area contributed by atoms with E-state index in [1.807, 2.05) is 5.40 Å². The number of aromatic nitrogens is 3. The largest absolute Gasteiger partial charge is 0.254 e. The molecule has 0 aliphatic carbocycles. The predicted molar refractivity (Wildman–Crippen MR) is 40.3 cm³/mol. The molecule has 0 saturated carbocycles. The van der Waals surface area contributed by atoms with Crippen molar-refractivity contribution in [2.45, 2.75) is 5.16 Å². The normalized spacial score (nSPS) is 9.10. The van der Waals surface area contributed by atoms with Crippen molar-refractivity contribution in [2.24, 2.45) is 0 Å². The second kappa shape index (κ2) is 4.19. The number of nitrogens with zero attached hydrogens (tertiary/aromatic N) is 3. The van der Waals surface area contributed by atoms with Gasteiger partial charge < -0.3 is 0 Å². The van der Waals surface area contributed by atoms with Gasteiger partial charge in [-0.05, 0) is 11.8 Å². The van der Waals surface area contributed by atoms with E-state index < -0.39 is 0 Å². The fraction of sp³-hybridized carbons (Fsp3) is 0.250. The highest BCUT2D eigenvalue weighted by atomic mass is 32.2. The van der Waals surface area contributed by atoms with Crippen LogP contribution in [0.15, 0.2) is 11.5 Å². The Hall–Kier alpha value is -0.670. The molecule has 4 nitrogen and oxygen atoms in total. The molecule has 1 rings (SSSR count). The molecule has 0 aliphatic rings. The Balaban J connectivity index is 2.23. The number of rotatable bonds is 3. The van der Waals surface area contributed by atoms with Crippen LogP contribution >= 0.6 is 23.5 Å². The number of hydrogen-bond donors (Lipinski definition) is 1. The van der Waals surface area contributed by atoms with E-state index in [0.717, 1.165) is 5.16 Å². The summed E-state index contributed by atoms with van der Waals surface area (Å²) in [6, 6.07) is 0. The van der Waals surface area contributed by atoms with Gasteiger partial charge in [0.05, 0.1) is 5.08 Å². The molecule has 1 heterocycles. The molecule has 0 aliphatic heterocycles. The Kier molecular flexibility index (Phi) is 3.12. The summed E-state index contributed by atoms with van der Waals surface area (Å²) in [5, 5.41) is 17.9. The summed E-state index contributed by atoms with van der Waals surface area (Å²) in [5.41, 5.74) is 0. The predicted octanol–water partition coefficient (Wildman–Crippen LogP) is 1.07. The Bertz CT molecular complexity index is 214. The summed E-state index contributed by atoms with van der Waals surface area (Å²) >= 11 is 2.65. The van der Waals surface area contributed by atoms with Crippen molar-refractivity contribution in [3.63, 3.8) is 0 Å². The minimum Gasteiger partial charge on any atom is -0.254 e. The summed E-state index contributed by atoms with van der Waals surface area (Å²) in [6.07, 6.45) is 1.44. The van der Waals surface area contributed by atoms with E-state index in [1.165, 1.54) is 29.9 Å². The van der Waals surface area contributed by atoms with Crippen molar-refractivity contribution in [2.75, 3.05) is 5.08 Å². The molecule has 0 bridgehead atoms. The number of thioether (sulfide) groups is 2. The Morgan fingerprint density at radius 1 is 1.80 bits per heavy atom. The van der Waals surface area contributed by atoms with Crippen LogP contribution in [0.5, 0.6) is 0 Å². The monoisotopic (exact) mass is 172 g/mol. The lowest BCUT2D eigenvalue weighted by Crippen LogP contribution is -1.74. The third kappa shape index (κ3) is 2.29. The van der Waals surface area contributed by atoms with E-state index in [1.54, 1.807) is 0 Å². The van der Waals surface area contributed by atoms with Crippen LogP contribution in [0.4, 0.5) is 0 Å². The van der Waals surface area contributed by atoms with Gasteiger partial charge in [0.25, 0.3) is 0 Å². The molecule has 6 heteroatoms. The Morgan fingerprint density at radius 3 is 3.30 bits per heavy atom. The molecule has 0 fully saturated rings. The van der Waals surface area contributed by atoms with Crippen LogP contribution in [0.3, 0.4) is 0 Å². The fourth-order valence-electron chi connectivity index (χ4n) is 0.375. The highest BCUT2D eigenvalue weighted by Gasteiger charge is 1.93. The second-order valence-corrected chi connectivity index (χ2v) is 3.38. The van der Waals surface area contributed by atoms with Gasteiger partial charge >= 0.3 is 0 Å². The molecule has 1 N–H and O–H groups in total. The molecule has 1 aromatic heterocycles. The summed E-state index contributed by atoms with van der Waals surface area (Å²) in [5.74, 6) is 0. The third-order valence-corrected chi connectivity index (χ3v) is 2.25. The van der Waals surface area contributed by atoms with Crippen LogP contribution in [0, 0.1) is 10.7 Å². The van der Waals surface area contributed by atoms with Crippen molar-refractivity contribution in [1.29, 1.82) is 5.26 Å². The van der Waals surface area contributed by atoms with Crippen molar-refractivity contribution in [3.05, 3.63) is 6.33 Å².